The van der Waals surface area contributed by atoms with E-state index >= 15 is 0 Å². The maximum atomic E-state index is 12.3. The highest BCUT2D eigenvalue weighted by molar-refractivity contribution is 8.26. The number of amides is 1. The summed E-state index contributed by atoms with van der Waals surface area (Å²) >= 11 is 6.35. The first kappa shape index (κ1) is 17.5. The summed E-state index contributed by atoms with van der Waals surface area (Å²) in [5.41, 5.74) is 0.608. The number of nitrogens with zero attached hydrogens (tertiary/aromatic N) is 1. The second-order valence-corrected chi connectivity index (χ2v) is 6.31. The van der Waals surface area contributed by atoms with Crippen LogP contribution in [0, 0.1) is 0 Å². The third-order valence-electron chi connectivity index (χ3n) is 2.97. The summed E-state index contributed by atoms with van der Waals surface area (Å²) in [4.78, 5) is 24.9. The van der Waals surface area contributed by atoms with Crippen molar-refractivity contribution in [3.05, 3.63) is 34.7 Å². The van der Waals surface area contributed by atoms with Crippen LogP contribution < -0.4 is 4.74 Å². The fourth-order valence-corrected chi connectivity index (χ4v) is 3.23. The molecule has 6 nitrogen and oxygen atoms in total. The van der Waals surface area contributed by atoms with Crippen molar-refractivity contribution in [2.24, 2.45) is 0 Å². The molecule has 0 aromatic heterocycles. The Balaban J connectivity index is 2.20. The summed E-state index contributed by atoms with van der Waals surface area (Å²) in [6.45, 7) is -0.0973. The van der Waals surface area contributed by atoms with Gasteiger partial charge >= 0.3 is 5.97 Å². The first-order chi connectivity index (χ1) is 11.0. The van der Waals surface area contributed by atoms with E-state index in [9.17, 15) is 9.59 Å². The predicted octanol–water partition coefficient (Wildman–Crippen LogP) is 1.73. The van der Waals surface area contributed by atoms with E-state index < -0.39 is 12.6 Å². The Morgan fingerprint density at radius 1 is 1.39 bits per heavy atom. The van der Waals surface area contributed by atoms with Crippen LogP contribution in [-0.4, -0.2) is 51.1 Å². The molecule has 1 aliphatic rings. The Morgan fingerprint density at radius 3 is 2.83 bits per heavy atom. The monoisotopic (exact) mass is 353 g/mol. The number of para-hydroxylation sites is 1. The van der Waals surface area contributed by atoms with Gasteiger partial charge in [0.05, 0.1) is 4.91 Å². The summed E-state index contributed by atoms with van der Waals surface area (Å²) in [5.74, 6) is -0.910. The lowest BCUT2D eigenvalue weighted by atomic mass is 10.2. The average Bonchev–Trinajstić information content (AvgIpc) is 2.78. The largest absolute Gasteiger partial charge is 0.481 e. The smallest absolute Gasteiger partial charge is 0.341 e. The number of thiocarbonyl (C=S) groups is 1. The minimum atomic E-state index is -1.07. The minimum Gasteiger partial charge on any atom is -0.481 e. The summed E-state index contributed by atoms with van der Waals surface area (Å²) in [5, 5.41) is 17.6. The van der Waals surface area contributed by atoms with Crippen molar-refractivity contribution < 1.29 is 24.5 Å². The van der Waals surface area contributed by atoms with Crippen LogP contribution in [0.25, 0.3) is 6.08 Å². The molecule has 1 aromatic carbocycles. The number of ether oxygens (including phenoxy) is 1. The zero-order chi connectivity index (χ0) is 16.8. The van der Waals surface area contributed by atoms with Crippen LogP contribution >= 0.6 is 24.0 Å². The lowest BCUT2D eigenvalue weighted by Gasteiger charge is -2.12. The number of carbonyl (C=O) groups excluding carboxylic acids is 1. The van der Waals surface area contributed by atoms with Crippen molar-refractivity contribution in [3.63, 3.8) is 0 Å². The summed E-state index contributed by atoms with van der Waals surface area (Å²) in [6, 6.07) is 6.87. The van der Waals surface area contributed by atoms with Crippen molar-refractivity contribution >= 4 is 46.3 Å². The molecule has 1 aliphatic heterocycles. The molecular weight excluding hydrogens is 338 g/mol. The quantitative estimate of drug-likeness (QED) is 0.570. The van der Waals surface area contributed by atoms with E-state index in [-0.39, 0.29) is 12.5 Å². The first-order valence-corrected chi connectivity index (χ1v) is 8.05. The molecule has 1 amide bonds. The van der Waals surface area contributed by atoms with E-state index in [1.807, 2.05) is 0 Å². The first-order valence-electron chi connectivity index (χ1n) is 6.82. The number of benzene rings is 1. The summed E-state index contributed by atoms with van der Waals surface area (Å²) < 4.78 is 5.66. The van der Waals surface area contributed by atoms with Gasteiger partial charge in [-0.1, -0.05) is 42.2 Å². The molecule has 1 heterocycles. The van der Waals surface area contributed by atoms with Gasteiger partial charge in [0.1, 0.15) is 10.1 Å². The molecule has 1 saturated heterocycles. The van der Waals surface area contributed by atoms with Crippen LogP contribution in [0.5, 0.6) is 5.75 Å². The number of aliphatic hydroxyl groups is 1. The Bertz CT molecular complexity index is 659. The van der Waals surface area contributed by atoms with Crippen LogP contribution in [0.1, 0.15) is 12.0 Å². The van der Waals surface area contributed by atoms with Crippen molar-refractivity contribution in [1.82, 2.24) is 4.90 Å². The number of aliphatic hydroxyl groups excluding tert-OH is 1. The molecular formula is C15H15NO5S2. The van der Waals surface area contributed by atoms with Gasteiger partial charge in [-0.25, -0.2) is 4.79 Å². The van der Waals surface area contributed by atoms with E-state index in [1.54, 1.807) is 30.3 Å². The fourth-order valence-electron chi connectivity index (χ4n) is 1.93. The number of carboxylic acid groups (broad SMARTS) is 1. The standard InChI is InChI=1S/C15H15NO5S2/c17-7-3-6-16-14(20)12(23-15(16)22)8-10-4-1-2-5-11(10)21-9-13(18)19/h1-2,4-5,8,17H,3,6-7,9H2,(H,18,19)/b12-8-. The molecule has 0 bridgehead atoms. The number of hydrogen-bond donors (Lipinski definition) is 2. The van der Waals surface area contributed by atoms with E-state index in [0.717, 1.165) is 0 Å². The molecule has 0 radical (unpaired) electrons. The number of carboxylic acids is 1. The van der Waals surface area contributed by atoms with Gasteiger partial charge in [-0.05, 0) is 18.6 Å². The van der Waals surface area contributed by atoms with Crippen LogP contribution in [0.4, 0.5) is 0 Å². The number of rotatable bonds is 7. The van der Waals surface area contributed by atoms with Gasteiger partial charge in [0, 0.05) is 18.7 Å². The molecule has 23 heavy (non-hydrogen) atoms. The molecule has 122 valence electrons. The van der Waals surface area contributed by atoms with Crippen molar-refractivity contribution in [3.8, 4) is 5.75 Å². The molecule has 2 rings (SSSR count). The highest BCUT2D eigenvalue weighted by Crippen LogP contribution is 2.34. The number of thioether (sulfide) groups is 1. The zero-order valence-corrected chi connectivity index (χ0v) is 13.7. The Kier molecular flexibility index (Phi) is 6.14. The van der Waals surface area contributed by atoms with Gasteiger partial charge in [0.15, 0.2) is 6.61 Å². The normalized spacial score (nSPS) is 16.2. The molecule has 2 N–H and O–H groups in total. The highest BCUT2D eigenvalue weighted by atomic mass is 32.2. The molecule has 0 spiro atoms. The van der Waals surface area contributed by atoms with Crippen molar-refractivity contribution in [1.29, 1.82) is 0 Å². The SMILES string of the molecule is O=C(O)COc1ccccc1/C=C1\SC(=S)N(CCCO)C1=O. The van der Waals surface area contributed by atoms with E-state index in [4.69, 9.17) is 27.2 Å². The molecule has 0 unspecified atom stereocenters. The van der Waals surface area contributed by atoms with Crippen LogP contribution in [0.3, 0.4) is 0 Å². The highest BCUT2D eigenvalue weighted by Gasteiger charge is 2.31. The van der Waals surface area contributed by atoms with E-state index in [0.29, 0.717) is 33.5 Å². The van der Waals surface area contributed by atoms with Gasteiger partial charge in [-0.15, -0.1) is 0 Å². The lowest BCUT2D eigenvalue weighted by Crippen LogP contribution is -2.29. The van der Waals surface area contributed by atoms with Gasteiger partial charge in [-0.2, -0.15) is 0 Å². The third kappa shape index (κ3) is 4.54. The number of carbonyl (C=O) groups is 2. The third-order valence-corrected chi connectivity index (χ3v) is 4.35. The second-order valence-electron chi connectivity index (χ2n) is 4.63. The number of aliphatic carboxylic acids is 1. The van der Waals surface area contributed by atoms with Gasteiger partial charge < -0.3 is 14.9 Å². The van der Waals surface area contributed by atoms with E-state index in [1.165, 1.54) is 16.7 Å². The predicted molar refractivity (Wildman–Crippen MR) is 91.2 cm³/mol. The van der Waals surface area contributed by atoms with E-state index in [2.05, 4.69) is 0 Å². The van der Waals surface area contributed by atoms with Crippen molar-refractivity contribution in [2.45, 2.75) is 6.42 Å². The van der Waals surface area contributed by atoms with Gasteiger partial charge in [-0.3, -0.25) is 9.69 Å². The number of hydrogen-bond acceptors (Lipinski definition) is 6. The Labute approximate surface area is 142 Å². The van der Waals surface area contributed by atoms with Gasteiger partial charge in [0.25, 0.3) is 5.91 Å². The second kappa shape index (κ2) is 8.09. The lowest BCUT2D eigenvalue weighted by molar-refractivity contribution is -0.139. The molecule has 1 aromatic rings. The van der Waals surface area contributed by atoms with Gasteiger partial charge in [0.2, 0.25) is 0 Å². The topological polar surface area (TPSA) is 87.1 Å². The summed E-state index contributed by atoms with van der Waals surface area (Å²) in [7, 11) is 0. The van der Waals surface area contributed by atoms with Crippen molar-refractivity contribution in [2.75, 3.05) is 19.8 Å². The van der Waals surface area contributed by atoms with Crippen LogP contribution in [0.2, 0.25) is 0 Å². The molecule has 1 fully saturated rings. The van der Waals surface area contributed by atoms with Crippen LogP contribution in [0.15, 0.2) is 29.2 Å². The molecule has 8 heteroatoms. The maximum Gasteiger partial charge on any atom is 0.341 e. The fraction of sp³-hybridized carbons (Fsp3) is 0.267. The molecule has 0 aliphatic carbocycles. The zero-order valence-electron chi connectivity index (χ0n) is 12.1. The molecule has 0 atom stereocenters. The summed E-state index contributed by atoms with van der Waals surface area (Å²) in [6.07, 6.45) is 2.09. The molecule has 0 saturated carbocycles. The average molecular weight is 353 g/mol. The maximum absolute atomic E-state index is 12.3. The van der Waals surface area contributed by atoms with Crippen LogP contribution in [-0.2, 0) is 9.59 Å². The Hall–Kier alpha value is -1.90. The minimum absolute atomic E-state index is 0.0119. The Morgan fingerprint density at radius 2 is 2.13 bits per heavy atom.